The molecule has 0 N–H and O–H groups in total. The maximum atomic E-state index is 12.7. The molecule has 1 atom stereocenters. The van der Waals surface area contributed by atoms with E-state index < -0.39 is 0 Å². The van der Waals surface area contributed by atoms with Gasteiger partial charge in [-0.25, -0.2) is 4.98 Å². The number of pyridine rings is 1. The third-order valence-corrected chi connectivity index (χ3v) is 4.16. The first-order valence-electron chi connectivity index (χ1n) is 8.02. The lowest BCUT2D eigenvalue weighted by molar-refractivity contribution is -0.133. The van der Waals surface area contributed by atoms with Crippen LogP contribution >= 0.6 is 0 Å². The summed E-state index contributed by atoms with van der Waals surface area (Å²) < 4.78 is 0. The molecule has 6 nitrogen and oxygen atoms in total. The molecule has 1 aliphatic heterocycles. The van der Waals surface area contributed by atoms with Gasteiger partial charge in [0.25, 0.3) is 0 Å². The fourth-order valence-corrected chi connectivity index (χ4v) is 2.99. The van der Waals surface area contributed by atoms with Crippen LogP contribution in [-0.2, 0) is 4.79 Å². The first kappa shape index (κ1) is 17.2. The highest BCUT2D eigenvalue weighted by atomic mass is 16.2. The van der Waals surface area contributed by atoms with Gasteiger partial charge in [0.1, 0.15) is 11.9 Å². The smallest absolute Gasteiger partial charge is 0.242 e. The number of rotatable bonds is 5. The van der Waals surface area contributed by atoms with Crippen molar-refractivity contribution in [2.75, 3.05) is 45.7 Å². The van der Waals surface area contributed by atoms with Crippen LogP contribution in [0.1, 0.15) is 24.8 Å². The Labute approximate surface area is 138 Å². The van der Waals surface area contributed by atoms with Crippen LogP contribution in [0.2, 0.25) is 0 Å². The molecule has 124 valence electrons. The third-order valence-electron chi connectivity index (χ3n) is 4.16. The van der Waals surface area contributed by atoms with E-state index in [4.69, 9.17) is 5.26 Å². The van der Waals surface area contributed by atoms with Gasteiger partial charge in [-0.2, -0.15) is 5.26 Å². The van der Waals surface area contributed by atoms with E-state index in [1.54, 1.807) is 12.1 Å². The number of nitrogens with zero attached hydrogens (tertiary/aromatic N) is 5. The normalized spacial score (nSPS) is 17.9. The van der Waals surface area contributed by atoms with Gasteiger partial charge in [0.2, 0.25) is 5.91 Å². The lowest BCUT2D eigenvalue weighted by atomic mass is 10.0. The zero-order valence-corrected chi connectivity index (χ0v) is 14.2. The molecule has 1 amide bonds. The number of likely N-dealkylation sites (tertiary alicyclic amines) is 1. The fourth-order valence-electron chi connectivity index (χ4n) is 2.99. The predicted molar refractivity (Wildman–Crippen MR) is 90.1 cm³/mol. The van der Waals surface area contributed by atoms with Crippen molar-refractivity contribution in [3.05, 3.63) is 23.9 Å². The minimum atomic E-state index is 0.144. The SMILES string of the molecule is CN(C)C[C@@H]1CCCCN1C(=O)CN(C)c1ccc(C#N)cn1. The van der Waals surface area contributed by atoms with Crippen LogP contribution in [0.5, 0.6) is 0 Å². The topological polar surface area (TPSA) is 63.5 Å². The summed E-state index contributed by atoms with van der Waals surface area (Å²) in [5, 5.41) is 8.82. The second kappa shape index (κ2) is 7.93. The van der Waals surface area contributed by atoms with Gasteiger partial charge in [-0.05, 0) is 45.5 Å². The van der Waals surface area contributed by atoms with E-state index in [1.165, 1.54) is 12.6 Å². The first-order chi connectivity index (χ1) is 11.0. The van der Waals surface area contributed by atoms with Crippen LogP contribution in [-0.4, -0.2) is 67.5 Å². The standard InChI is InChI=1S/C17H25N5O/c1-20(2)12-15-6-4-5-9-22(15)17(23)13-21(3)16-8-7-14(10-18)11-19-16/h7-8,11,15H,4-6,9,12-13H2,1-3H3/t15-/m0/s1. The van der Waals surface area contributed by atoms with Gasteiger partial charge >= 0.3 is 0 Å². The summed E-state index contributed by atoms with van der Waals surface area (Å²) in [6.07, 6.45) is 4.87. The lowest BCUT2D eigenvalue weighted by Crippen LogP contribution is -2.51. The highest BCUT2D eigenvalue weighted by molar-refractivity contribution is 5.81. The monoisotopic (exact) mass is 315 g/mol. The summed E-state index contributed by atoms with van der Waals surface area (Å²) in [6.45, 7) is 2.05. The molecular formula is C17H25N5O. The molecule has 0 aliphatic carbocycles. The largest absolute Gasteiger partial charge is 0.350 e. The molecule has 0 aromatic carbocycles. The highest BCUT2D eigenvalue weighted by Crippen LogP contribution is 2.18. The third kappa shape index (κ3) is 4.67. The molecule has 0 radical (unpaired) electrons. The predicted octanol–water partition coefficient (Wildman–Crippen LogP) is 1.33. The quantitative estimate of drug-likeness (QED) is 0.820. The molecule has 1 aliphatic rings. The summed E-state index contributed by atoms with van der Waals surface area (Å²) in [7, 11) is 5.95. The number of hydrogen-bond donors (Lipinski definition) is 0. The Hall–Kier alpha value is -2.13. The average Bonchev–Trinajstić information content (AvgIpc) is 2.54. The van der Waals surface area contributed by atoms with E-state index in [0.717, 1.165) is 25.9 Å². The van der Waals surface area contributed by atoms with Crippen LogP contribution < -0.4 is 4.90 Å². The summed E-state index contributed by atoms with van der Waals surface area (Å²) in [6, 6.07) is 5.85. The van der Waals surface area contributed by atoms with E-state index >= 15 is 0 Å². The fraction of sp³-hybridized carbons (Fsp3) is 0.588. The van der Waals surface area contributed by atoms with Gasteiger partial charge in [0, 0.05) is 32.4 Å². The number of piperidine rings is 1. The van der Waals surface area contributed by atoms with E-state index in [-0.39, 0.29) is 5.91 Å². The van der Waals surface area contributed by atoms with Crippen LogP contribution in [0.4, 0.5) is 5.82 Å². The van der Waals surface area contributed by atoms with Crippen LogP contribution in [0.15, 0.2) is 18.3 Å². The molecule has 2 rings (SSSR count). The molecule has 1 fully saturated rings. The zero-order valence-electron chi connectivity index (χ0n) is 14.2. The first-order valence-corrected chi connectivity index (χ1v) is 8.02. The van der Waals surface area contributed by atoms with Crippen molar-refractivity contribution in [1.29, 1.82) is 5.26 Å². The van der Waals surface area contributed by atoms with Gasteiger partial charge in [-0.1, -0.05) is 0 Å². The number of anilines is 1. The van der Waals surface area contributed by atoms with Crippen molar-refractivity contribution >= 4 is 11.7 Å². The molecule has 2 heterocycles. The van der Waals surface area contributed by atoms with Crippen LogP contribution in [0.25, 0.3) is 0 Å². The lowest BCUT2D eigenvalue weighted by Gasteiger charge is -2.38. The molecule has 0 saturated carbocycles. The van der Waals surface area contributed by atoms with Crippen LogP contribution in [0, 0.1) is 11.3 Å². The minimum absolute atomic E-state index is 0.144. The molecule has 23 heavy (non-hydrogen) atoms. The van der Waals surface area contributed by atoms with Crippen molar-refractivity contribution < 1.29 is 4.79 Å². The minimum Gasteiger partial charge on any atom is -0.350 e. The van der Waals surface area contributed by atoms with Gasteiger partial charge in [-0.15, -0.1) is 0 Å². The van der Waals surface area contributed by atoms with E-state index in [9.17, 15) is 4.79 Å². The molecule has 1 aromatic heterocycles. The van der Waals surface area contributed by atoms with E-state index in [2.05, 4.69) is 9.88 Å². The molecule has 0 spiro atoms. The maximum absolute atomic E-state index is 12.7. The number of amides is 1. The summed E-state index contributed by atoms with van der Waals surface area (Å²) >= 11 is 0. The van der Waals surface area contributed by atoms with Crippen molar-refractivity contribution in [2.24, 2.45) is 0 Å². The average molecular weight is 315 g/mol. The molecule has 6 heteroatoms. The summed E-state index contributed by atoms with van der Waals surface area (Å²) in [5.74, 6) is 0.851. The number of nitriles is 1. The maximum Gasteiger partial charge on any atom is 0.242 e. The molecule has 0 unspecified atom stereocenters. The number of carbonyl (C=O) groups is 1. The Morgan fingerprint density at radius 2 is 2.17 bits per heavy atom. The summed E-state index contributed by atoms with van der Waals surface area (Å²) in [5.41, 5.74) is 0.524. The number of hydrogen-bond acceptors (Lipinski definition) is 5. The second-order valence-electron chi connectivity index (χ2n) is 6.37. The Bertz CT molecular complexity index is 563. The summed E-state index contributed by atoms with van der Waals surface area (Å²) in [4.78, 5) is 22.9. The highest BCUT2D eigenvalue weighted by Gasteiger charge is 2.27. The Morgan fingerprint density at radius 3 is 2.78 bits per heavy atom. The molecule has 1 saturated heterocycles. The Morgan fingerprint density at radius 1 is 1.39 bits per heavy atom. The van der Waals surface area contributed by atoms with Gasteiger partial charge in [0.05, 0.1) is 12.1 Å². The molecule has 0 bridgehead atoms. The van der Waals surface area contributed by atoms with Gasteiger partial charge < -0.3 is 14.7 Å². The van der Waals surface area contributed by atoms with Crippen molar-refractivity contribution in [2.45, 2.75) is 25.3 Å². The van der Waals surface area contributed by atoms with Crippen molar-refractivity contribution in [3.8, 4) is 6.07 Å². The number of carbonyl (C=O) groups excluding carboxylic acids is 1. The molecular weight excluding hydrogens is 290 g/mol. The zero-order chi connectivity index (χ0) is 16.8. The number of aromatic nitrogens is 1. The van der Waals surface area contributed by atoms with Crippen LogP contribution in [0.3, 0.4) is 0 Å². The number of likely N-dealkylation sites (N-methyl/N-ethyl adjacent to an activating group) is 2. The van der Waals surface area contributed by atoms with E-state index in [0.29, 0.717) is 24.0 Å². The van der Waals surface area contributed by atoms with Crippen molar-refractivity contribution in [1.82, 2.24) is 14.8 Å². The van der Waals surface area contributed by atoms with Gasteiger partial charge in [0.15, 0.2) is 0 Å². The molecule has 1 aromatic rings. The van der Waals surface area contributed by atoms with E-state index in [1.807, 2.05) is 37.0 Å². The van der Waals surface area contributed by atoms with Gasteiger partial charge in [-0.3, -0.25) is 4.79 Å². The second-order valence-corrected chi connectivity index (χ2v) is 6.37. The van der Waals surface area contributed by atoms with Crippen molar-refractivity contribution in [3.63, 3.8) is 0 Å². The Kier molecular flexibility index (Phi) is 5.94. The Balaban J connectivity index is 1.99.